The molecule has 1 heterocycles. The van der Waals surface area contributed by atoms with Gasteiger partial charge in [-0.15, -0.1) is 11.3 Å². The molecule has 0 saturated heterocycles. The minimum atomic E-state index is -0.720. The van der Waals surface area contributed by atoms with Crippen LogP contribution in [-0.2, 0) is 4.79 Å². The fraction of sp³-hybridized carbons (Fsp3) is 0.538. The highest BCUT2D eigenvalue weighted by Gasteiger charge is 2.27. The van der Waals surface area contributed by atoms with Gasteiger partial charge in [-0.2, -0.15) is 0 Å². The van der Waals surface area contributed by atoms with Crippen molar-refractivity contribution in [2.45, 2.75) is 38.6 Å². The first-order valence-corrected chi connectivity index (χ1v) is 7.88. The van der Waals surface area contributed by atoms with Gasteiger partial charge in [-0.25, -0.2) is 0 Å². The minimum Gasteiger partial charge on any atom is -0.481 e. The Kier molecular flexibility index (Phi) is 4.62. The van der Waals surface area contributed by atoms with Crippen LogP contribution in [0.3, 0.4) is 0 Å². The van der Waals surface area contributed by atoms with Crippen molar-refractivity contribution < 1.29 is 14.7 Å². The van der Waals surface area contributed by atoms with Gasteiger partial charge < -0.3 is 10.4 Å². The van der Waals surface area contributed by atoms with Crippen molar-refractivity contribution in [3.8, 4) is 0 Å². The van der Waals surface area contributed by atoms with Gasteiger partial charge in [-0.1, -0.05) is 0 Å². The van der Waals surface area contributed by atoms with Crippen LogP contribution in [0.4, 0.5) is 0 Å². The Bertz CT molecular complexity index is 473. The summed E-state index contributed by atoms with van der Waals surface area (Å²) in [6.45, 7) is 1.95. The van der Waals surface area contributed by atoms with Crippen LogP contribution >= 0.6 is 27.3 Å². The Morgan fingerprint density at radius 3 is 2.47 bits per heavy atom. The van der Waals surface area contributed by atoms with E-state index in [1.54, 1.807) is 0 Å². The number of aryl methyl sites for hydroxylation is 1. The second-order valence-corrected chi connectivity index (χ2v) is 7.30. The molecule has 4 nitrogen and oxygen atoms in total. The summed E-state index contributed by atoms with van der Waals surface area (Å²) in [6.07, 6.45) is 2.78. The molecule has 1 aromatic rings. The van der Waals surface area contributed by atoms with Crippen LogP contribution in [0.5, 0.6) is 0 Å². The SMILES string of the molecule is Cc1cc(C(=O)NC2CCC(C(=O)O)CC2)sc1Br. The molecule has 6 heteroatoms. The maximum Gasteiger partial charge on any atom is 0.306 e. The van der Waals surface area contributed by atoms with E-state index < -0.39 is 5.97 Å². The Morgan fingerprint density at radius 2 is 2.00 bits per heavy atom. The van der Waals surface area contributed by atoms with Crippen LogP contribution < -0.4 is 5.32 Å². The fourth-order valence-electron chi connectivity index (χ4n) is 2.31. The molecule has 1 amide bonds. The molecule has 0 bridgehead atoms. The summed E-state index contributed by atoms with van der Waals surface area (Å²) in [5.41, 5.74) is 1.06. The summed E-state index contributed by atoms with van der Waals surface area (Å²) in [6, 6.07) is 1.97. The molecule has 0 aliphatic heterocycles. The number of nitrogens with one attached hydrogen (secondary N) is 1. The van der Waals surface area contributed by atoms with Crippen molar-refractivity contribution in [2.75, 3.05) is 0 Å². The number of carbonyl (C=O) groups excluding carboxylic acids is 1. The number of rotatable bonds is 3. The van der Waals surface area contributed by atoms with E-state index in [-0.39, 0.29) is 17.9 Å². The lowest BCUT2D eigenvalue weighted by atomic mass is 9.86. The molecular formula is C13H16BrNO3S. The molecule has 0 spiro atoms. The molecule has 0 unspecified atom stereocenters. The topological polar surface area (TPSA) is 66.4 Å². The van der Waals surface area contributed by atoms with Gasteiger partial charge in [0.05, 0.1) is 14.6 Å². The smallest absolute Gasteiger partial charge is 0.306 e. The first-order chi connectivity index (χ1) is 8.97. The van der Waals surface area contributed by atoms with Gasteiger partial charge in [0.25, 0.3) is 5.91 Å². The molecule has 1 aliphatic rings. The molecule has 1 fully saturated rings. The number of carboxylic acid groups (broad SMARTS) is 1. The predicted molar refractivity (Wildman–Crippen MR) is 77.6 cm³/mol. The highest BCUT2D eigenvalue weighted by atomic mass is 79.9. The summed E-state index contributed by atoms with van der Waals surface area (Å²) in [5.74, 6) is -1.02. The van der Waals surface area contributed by atoms with Crippen LogP contribution in [-0.4, -0.2) is 23.0 Å². The molecule has 1 aliphatic carbocycles. The summed E-state index contributed by atoms with van der Waals surface area (Å²) >= 11 is 4.83. The second-order valence-electron chi connectivity index (χ2n) is 4.93. The zero-order valence-electron chi connectivity index (χ0n) is 10.6. The summed E-state index contributed by atoms with van der Waals surface area (Å²) in [4.78, 5) is 23.6. The minimum absolute atomic E-state index is 0.0578. The number of thiophene rings is 1. The van der Waals surface area contributed by atoms with E-state index in [9.17, 15) is 9.59 Å². The lowest BCUT2D eigenvalue weighted by Crippen LogP contribution is -2.38. The van der Waals surface area contributed by atoms with Crippen molar-refractivity contribution in [2.24, 2.45) is 5.92 Å². The summed E-state index contributed by atoms with van der Waals surface area (Å²) < 4.78 is 0.979. The van der Waals surface area contributed by atoms with E-state index in [1.165, 1.54) is 11.3 Å². The van der Waals surface area contributed by atoms with Crippen LogP contribution in [0.2, 0.25) is 0 Å². The second kappa shape index (κ2) is 6.05. The number of hydrogen-bond acceptors (Lipinski definition) is 3. The predicted octanol–water partition coefficient (Wildman–Crippen LogP) is 3.19. The van der Waals surface area contributed by atoms with Crippen molar-refractivity contribution in [3.63, 3.8) is 0 Å². The van der Waals surface area contributed by atoms with E-state index in [1.807, 2.05) is 13.0 Å². The van der Waals surface area contributed by atoms with Gasteiger partial charge in [-0.3, -0.25) is 9.59 Å². The number of aliphatic carboxylic acids is 1. The van der Waals surface area contributed by atoms with Crippen LogP contribution in [0.15, 0.2) is 9.85 Å². The van der Waals surface area contributed by atoms with Crippen molar-refractivity contribution in [3.05, 3.63) is 20.3 Å². The van der Waals surface area contributed by atoms with E-state index >= 15 is 0 Å². The van der Waals surface area contributed by atoms with E-state index in [4.69, 9.17) is 5.11 Å². The maximum atomic E-state index is 12.1. The van der Waals surface area contributed by atoms with E-state index in [0.29, 0.717) is 17.7 Å². The molecule has 1 aromatic heterocycles. The molecule has 1 saturated carbocycles. The number of amides is 1. The standard InChI is InChI=1S/C13H16BrNO3S/c1-7-6-10(19-11(7)14)12(16)15-9-4-2-8(3-5-9)13(17)18/h6,8-9H,2-5H2,1H3,(H,15,16)(H,17,18). The highest BCUT2D eigenvalue weighted by molar-refractivity contribution is 9.11. The largest absolute Gasteiger partial charge is 0.481 e. The third kappa shape index (κ3) is 3.57. The van der Waals surface area contributed by atoms with Gasteiger partial charge >= 0.3 is 5.97 Å². The lowest BCUT2D eigenvalue weighted by molar-refractivity contribution is -0.142. The third-order valence-electron chi connectivity index (χ3n) is 3.49. The van der Waals surface area contributed by atoms with Crippen molar-refractivity contribution in [1.82, 2.24) is 5.32 Å². The van der Waals surface area contributed by atoms with Crippen LogP contribution in [0.1, 0.15) is 40.9 Å². The molecule has 104 valence electrons. The molecular weight excluding hydrogens is 330 g/mol. The molecule has 0 radical (unpaired) electrons. The van der Waals surface area contributed by atoms with Crippen LogP contribution in [0, 0.1) is 12.8 Å². The van der Waals surface area contributed by atoms with Crippen LogP contribution in [0.25, 0.3) is 0 Å². The van der Waals surface area contributed by atoms with E-state index in [0.717, 1.165) is 22.2 Å². The Balaban J connectivity index is 1.89. The molecule has 2 N–H and O–H groups in total. The molecule has 0 atom stereocenters. The Labute approximate surface area is 124 Å². The molecule has 0 aromatic carbocycles. The van der Waals surface area contributed by atoms with Gasteiger partial charge in [0.1, 0.15) is 0 Å². The normalized spacial score (nSPS) is 23.1. The molecule has 2 rings (SSSR count). The zero-order valence-corrected chi connectivity index (χ0v) is 13.0. The van der Waals surface area contributed by atoms with Gasteiger partial charge in [0.15, 0.2) is 0 Å². The molecule has 19 heavy (non-hydrogen) atoms. The number of carboxylic acids is 1. The maximum absolute atomic E-state index is 12.1. The first kappa shape index (κ1) is 14.5. The third-order valence-corrected chi connectivity index (χ3v) is 5.63. The highest BCUT2D eigenvalue weighted by Crippen LogP contribution is 2.28. The van der Waals surface area contributed by atoms with E-state index in [2.05, 4.69) is 21.2 Å². The number of hydrogen-bond donors (Lipinski definition) is 2. The Hall–Kier alpha value is -0.880. The van der Waals surface area contributed by atoms with Gasteiger partial charge in [-0.05, 0) is 60.2 Å². The summed E-state index contributed by atoms with van der Waals surface area (Å²) in [5, 5.41) is 11.9. The zero-order chi connectivity index (χ0) is 14.0. The average Bonchev–Trinajstić information content (AvgIpc) is 2.70. The number of halogens is 1. The fourth-order valence-corrected chi connectivity index (χ4v) is 3.75. The number of carbonyl (C=O) groups is 2. The summed E-state index contributed by atoms with van der Waals surface area (Å²) in [7, 11) is 0. The lowest BCUT2D eigenvalue weighted by Gasteiger charge is -2.26. The first-order valence-electron chi connectivity index (χ1n) is 6.27. The van der Waals surface area contributed by atoms with Gasteiger partial charge in [0, 0.05) is 6.04 Å². The monoisotopic (exact) mass is 345 g/mol. The Morgan fingerprint density at radius 1 is 1.37 bits per heavy atom. The van der Waals surface area contributed by atoms with Crippen molar-refractivity contribution in [1.29, 1.82) is 0 Å². The quantitative estimate of drug-likeness (QED) is 0.883. The van der Waals surface area contributed by atoms with Crippen molar-refractivity contribution >= 4 is 39.1 Å². The van der Waals surface area contributed by atoms with Gasteiger partial charge in [0.2, 0.25) is 0 Å². The average molecular weight is 346 g/mol.